The molecule has 8 heteroatoms. The van der Waals surface area contributed by atoms with Gasteiger partial charge in [-0.05, 0) is 30.5 Å². The SMILES string of the molecule is Cl.O=C(NCC1(c2ccc3c(c2)OCO3)CCOCC1)C1COCCN1. The van der Waals surface area contributed by atoms with Gasteiger partial charge in [-0.25, -0.2) is 0 Å². The van der Waals surface area contributed by atoms with Crippen LogP contribution in [0.15, 0.2) is 18.2 Å². The fourth-order valence-corrected chi connectivity index (χ4v) is 3.67. The first-order valence-electron chi connectivity index (χ1n) is 8.84. The lowest BCUT2D eigenvalue weighted by atomic mass is 9.74. The summed E-state index contributed by atoms with van der Waals surface area (Å²) in [5, 5.41) is 6.31. The van der Waals surface area contributed by atoms with E-state index in [4.69, 9.17) is 18.9 Å². The molecule has 1 atom stereocenters. The fraction of sp³-hybridized carbons (Fsp3) is 0.611. The maximum Gasteiger partial charge on any atom is 0.239 e. The molecule has 2 saturated heterocycles. The molecule has 1 aromatic rings. The zero-order chi connectivity index (χ0) is 17.1. The molecule has 2 fully saturated rings. The van der Waals surface area contributed by atoms with E-state index >= 15 is 0 Å². The maximum absolute atomic E-state index is 12.5. The van der Waals surface area contributed by atoms with E-state index in [1.54, 1.807) is 0 Å². The molecule has 0 spiro atoms. The largest absolute Gasteiger partial charge is 0.454 e. The first-order chi connectivity index (χ1) is 12.3. The van der Waals surface area contributed by atoms with Gasteiger partial charge in [0.2, 0.25) is 12.7 Å². The quantitative estimate of drug-likeness (QED) is 0.806. The van der Waals surface area contributed by atoms with Crippen molar-refractivity contribution in [2.45, 2.75) is 24.3 Å². The minimum Gasteiger partial charge on any atom is -0.454 e. The van der Waals surface area contributed by atoms with Gasteiger partial charge in [-0.3, -0.25) is 4.79 Å². The normalized spacial score (nSPS) is 23.8. The second-order valence-electron chi connectivity index (χ2n) is 6.76. The molecule has 1 aromatic carbocycles. The highest BCUT2D eigenvalue weighted by Crippen LogP contribution is 2.40. The lowest BCUT2D eigenvalue weighted by Crippen LogP contribution is -2.54. The molecule has 26 heavy (non-hydrogen) atoms. The van der Waals surface area contributed by atoms with Crippen LogP contribution in [-0.4, -0.2) is 58.3 Å². The summed E-state index contributed by atoms with van der Waals surface area (Å²) < 4.78 is 21.9. The molecule has 3 heterocycles. The van der Waals surface area contributed by atoms with E-state index in [-0.39, 0.29) is 36.6 Å². The third-order valence-corrected chi connectivity index (χ3v) is 5.27. The molecule has 0 bridgehead atoms. The van der Waals surface area contributed by atoms with Gasteiger partial charge in [-0.1, -0.05) is 6.07 Å². The van der Waals surface area contributed by atoms with Crippen LogP contribution >= 0.6 is 12.4 Å². The van der Waals surface area contributed by atoms with Crippen molar-refractivity contribution in [1.29, 1.82) is 0 Å². The van der Waals surface area contributed by atoms with Gasteiger partial charge in [0.15, 0.2) is 11.5 Å². The molecule has 1 unspecified atom stereocenters. The van der Waals surface area contributed by atoms with E-state index in [1.165, 1.54) is 0 Å². The van der Waals surface area contributed by atoms with Crippen molar-refractivity contribution in [3.63, 3.8) is 0 Å². The Morgan fingerprint density at radius 2 is 1.96 bits per heavy atom. The van der Waals surface area contributed by atoms with Gasteiger partial charge >= 0.3 is 0 Å². The van der Waals surface area contributed by atoms with Crippen LogP contribution in [0.1, 0.15) is 18.4 Å². The van der Waals surface area contributed by atoms with E-state index in [2.05, 4.69) is 16.7 Å². The van der Waals surface area contributed by atoms with Gasteiger partial charge in [0.25, 0.3) is 0 Å². The highest BCUT2D eigenvalue weighted by Gasteiger charge is 2.36. The average Bonchev–Trinajstić information content (AvgIpc) is 3.15. The zero-order valence-electron chi connectivity index (χ0n) is 14.6. The fourth-order valence-electron chi connectivity index (χ4n) is 3.67. The Morgan fingerprint density at radius 3 is 2.73 bits per heavy atom. The molecule has 0 saturated carbocycles. The molecule has 7 nitrogen and oxygen atoms in total. The third kappa shape index (κ3) is 3.91. The Morgan fingerprint density at radius 1 is 1.15 bits per heavy atom. The molecule has 0 aliphatic carbocycles. The Hall–Kier alpha value is -1.54. The van der Waals surface area contributed by atoms with Gasteiger partial charge in [-0.15, -0.1) is 12.4 Å². The number of hydrogen-bond donors (Lipinski definition) is 2. The minimum absolute atomic E-state index is 0. The number of ether oxygens (including phenoxy) is 4. The predicted octanol–water partition coefficient (Wildman–Crippen LogP) is 0.990. The summed E-state index contributed by atoms with van der Waals surface area (Å²) in [5.74, 6) is 1.54. The highest BCUT2D eigenvalue weighted by molar-refractivity contribution is 5.85. The predicted molar refractivity (Wildman–Crippen MR) is 97.2 cm³/mol. The maximum atomic E-state index is 12.5. The van der Waals surface area contributed by atoms with E-state index in [0.717, 1.165) is 29.9 Å². The van der Waals surface area contributed by atoms with Crippen LogP contribution in [0.25, 0.3) is 0 Å². The lowest BCUT2D eigenvalue weighted by molar-refractivity contribution is -0.126. The number of nitrogens with one attached hydrogen (secondary N) is 2. The molecular formula is C18H25ClN2O5. The first kappa shape index (κ1) is 19.2. The van der Waals surface area contributed by atoms with Crippen LogP contribution in [0, 0.1) is 0 Å². The summed E-state index contributed by atoms with van der Waals surface area (Å²) in [6, 6.07) is 5.80. The van der Waals surface area contributed by atoms with Crippen molar-refractivity contribution in [3.05, 3.63) is 23.8 Å². The van der Waals surface area contributed by atoms with E-state index in [1.807, 2.05) is 12.1 Å². The number of carbonyl (C=O) groups is 1. The molecule has 2 N–H and O–H groups in total. The highest BCUT2D eigenvalue weighted by atomic mass is 35.5. The molecule has 4 rings (SSSR count). The summed E-state index contributed by atoms with van der Waals surface area (Å²) in [7, 11) is 0. The number of halogens is 1. The number of rotatable bonds is 4. The van der Waals surface area contributed by atoms with E-state index < -0.39 is 0 Å². The summed E-state index contributed by atoms with van der Waals surface area (Å²) in [5.41, 5.74) is 1.01. The lowest BCUT2D eigenvalue weighted by Gasteiger charge is -2.38. The number of morpholine rings is 1. The van der Waals surface area contributed by atoms with Gasteiger partial charge in [0, 0.05) is 31.7 Å². The second-order valence-corrected chi connectivity index (χ2v) is 6.76. The topological polar surface area (TPSA) is 78.1 Å². The Kier molecular flexibility index (Phi) is 6.24. The van der Waals surface area contributed by atoms with Crippen molar-refractivity contribution >= 4 is 18.3 Å². The average molecular weight is 385 g/mol. The monoisotopic (exact) mass is 384 g/mol. The Bertz CT molecular complexity index is 630. The van der Waals surface area contributed by atoms with Gasteiger partial charge in [0.1, 0.15) is 6.04 Å². The summed E-state index contributed by atoms with van der Waals surface area (Å²) in [6.45, 7) is 4.00. The minimum atomic E-state index is -0.276. The molecule has 3 aliphatic rings. The summed E-state index contributed by atoms with van der Waals surface area (Å²) in [4.78, 5) is 12.5. The van der Waals surface area contributed by atoms with Crippen LogP contribution < -0.4 is 20.1 Å². The van der Waals surface area contributed by atoms with Gasteiger partial charge in [-0.2, -0.15) is 0 Å². The number of hydrogen-bond acceptors (Lipinski definition) is 6. The van der Waals surface area contributed by atoms with Crippen LogP contribution in [-0.2, 0) is 19.7 Å². The van der Waals surface area contributed by atoms with E-state index in [9.17, 15) is 4.79 Å². The second kappa shape index (κ2) is 8.43. The molecule has 1 amide bonds. The molecule has 0 aromatic heterocycles. The van der Waals surface area contributed by atoms with Crippen LogP contribution in [0.5, 0.6) is 11.5 Å². The van der Waals surface area contributed by atoms with E-state index in [0.29, 0.717) is 39.5 Å². The van der Waals surface area contributed by atoms with Crippen molar-refractivity contribution in [2.75, 3.05) is 46.3 Å². The van der Waals surface area contributed by atoms with Crippen molar-refractivity contribution in [3.8, 4) is 11.5 Å². The number of fused-ring (bicyclic) bond motifs is 1. The summed E-state index contributed by atoms with van der Waals surface area (Å²) >= 11 is 0. The van der Waals surface area contributed by atoms with Gasteiger partial charge in [0.05, 0.1) is 13.2 Å². The molecule has 144 valence electrons. The van der Waals surface area contributed by atoms with Crippen LogP contribution in [0.4, 0.5) is 0 Å². The molecule has 0 radical (unpaired) electrons. The van der Waals surface area contributed by atoms with Crippen LogP contribution in [0.2, 0.25) is 0 Å². The number of amides is 1. The smallest absolute Gasteiger partial charge is 0.239 e. The van der Waals surface area contributed by atoms with Crippen molar-refractivity contribution in [1.82, 2.24) is 10.6 Å². The van der Waals surface area contributed by atoms with Crippen molar-refractivity contribution in [2.24, 2.45) is 0 Å². The Balaban J connectivity index is 0.00000196. The van der Waals surface area contributed by atoms with Crippen LogP contribution in [0.3, 0.4) is 0 Å². The Labute approximate surface area is 159 Å². The van der Waals surface area contributed by atoms with Gasteiger partial charge < -0.3 is 29.6 Å². The number of carbonyl (C=O) groups excluding carboxylic acids is 1. The summed E-state index contributed by atoms with van der Waals surface area (Å²) in [6.07, 6.45) is 1.73. The number of benzene rings is 1. The zero-order valence-corrected chi connectivity index (χ0v) is 15.4. The van der Waals surface area contributed by atoms with Crippen molar-refractivity contribution < 1.29 is 23.7 Å². The first-order valence-corrected chi connectivity index (χ1v) is 8.84. The molecular weight excluding hydrogens is 360 g/mol. The molecule has 3 aliphatic heterocycles. The standard InChI is InChI=1S/C18H24N2O5.ClH/c21-17(14-10-23-8-5-19-14)20-11-18(3-6-22-7-4-18)13-1-2-15-16(9-13)25-12-24-15;/h1-2,9,14,19H,3-8,10-12H2,(H,20,21);1H. The third-order valence-electron chi connectivity index (χ3n) is 5.27.